The van der Waals surface area contributed by atoms with Crippen molar-refractivity contribution in [2.45, 2.75) is 12.2 Å². The molecule has 1 aromatic carbocycles. The first kappa shape index (κ1) is 10.8. The summed E-state index contributed by atoms with van der Waals surface area (Å²) < 4.78 is 5.55. The van der Waals surface area contributed by atoms with Gasteiger partial charge >= 0.3 is 0 Å². The van der Waals surface area contributed by atoms with Crippen LogP contribution in [-0.2, 0) is 14.3 Å². The molecule has 1 aromatic rings. The van der Waals surface area contributed by atoms with Gasteiger partial charge in [-0.05, 0) is 12.1 Å². The molecule has 2 bridgehead atoms. The van der Waals surface area contributed by atoms with Gasteiger partial charge in [0.1, 0.15) is 5.75 Å². The summed E-state index contributed by atoms with van der Waals surface area (Å²) in [5.41, 5.74) is 0.256. The second kappa shape index (κ2) is 3.45. The summed E-state index contributed by atoms with van der Waals surface area (Å²) in [5.74, 6) is -1.52. The van der Waals surface area contributed by atoms with Gasteiger partial charge in [0.25, 0.3) is 0 Å². The van der Waals surface area contributed by atoms with E-state index in [1.807, 2.05) is 12.2 Å². The Morgan fingerprint density at radius 3 is 2.16 bits per heavy atom. The van der Waals surface area contributed by atoms with Gasteiger partial charge in [0.15, 0.2) is 0 Å². The van der Waals surface area contributed by atoms with Crippen LogP contribution in [0.4, 0.5) is 5.69 Å². The van der Waals surface area contributed by atoms with E-state index in [0.29, 0.717) is 0 Å². The number of benzene rings is 1. The molecule has 0 spiro atoms. The molecular formula is C14H11NO4. The molecule has 2 saturated heterocycles. The maximum absolute atomic E-state index is 12.4. The number of nitrogens with zero attached hydrogens (tertiary/aromatic N) is 1. The third-order valence-electron chi connectivity index (χ3n) is 4.03. The minimum Gasteiger partial charge on any atom is -0.506 e. The fourth-order valence-corrected chi connectivity index (χ4v) is 3.19. The van der Waals surface area contributed by atoms with Crippen LogP contribution in [-0.4, -0.2) is 29.1 Å². The number of imide groups is 1. The zero-order valence-electron chi connectivity index (χ0n) is 9.89. The molecule has 2 fully saturated rings. The number of phenolic OH excluding ortho intramolecular Hbond substituents is 1. The van der Waals surface area contributed by atoms with Gasteiger partial charge in [0.05, 0.1) is 29.7 Å². The van der Waals surface area contributed by atoms with E-state index in [9.17, 15) is 14.7 Å². The van der Waals surface area contributed by atoms with E-state index < -0.39 is 11.8 Å². The number of anilines is 1. The molecule has 2 amide bonds. The van der Waals surface area contributed by atoms with Crippen LogP contribution in [0.25, 0.3) is 0 Å². The van der Waals surface area contributed by atoms with Crippen LogP contribution in [0.2, 0.25) is 0 Å². The van der Waals surface area contributed by atoms with Crippen molar-refractivity contribution in [2.75, 3.05) is 4.90 Å². The normalized spacial score (nSPS) is 35.3. The first-order valence-electron chi connectivity index (χ1n) is 6.18. The number of carbonyl (C=O) groups is 2. The van der Waals surface area contributed by atoms with E-state index in [4.69, 9.17) is 4.74 Å². The standard InChI is InChI=1S/C14H11NO4/c16-8-4-2-1-3-7(8)15-13(17)11-9-5-6-10(19-9)12(11)14(15)18/h1-6,9-12,16H. The summed E-state index contributed by atoms with van der Waals surface area (Å²) in [5, 5.41) is 9.82. The molecule has 4 unspecified atom stereocenters. The Hall–Kier alpha value is -2.14. The van der Waals surface area contributed by atoms with Crippen molar-refractivity contribution < 1.29 is 19.4 Å². The van der Waals surface area contributed by atoms with Crippen molar-refractivity contribution >= 4 is 17.5 Å². The minimum absolute atomic E-state index is 0.0644. The summed E-state index contributed by atoms with van der Waals surface area (Å²) in [6, 6.07) is 6.38. The van der Waals surface area contributed by atoms with E-state index in [2.05, 4.69) is 0 Å². The summed E-state index contributed by atoms with van der Waals surface area (Å²) in [4.78, 5) is 25.9. The molecule has 0 radical (unpaired) electrons. The predicted molar refractivity (Wildman–Crippen MR) is 65.4 cm³/mol. The number of amides is 2. The van der Waals surface area contributed by atoms with Crippen molar-refractivity contribution in [3.63, 3.8) is 0 Å². The Morgan fingerprint density at radius 2 is 1.58 bits per heavy atom. The van der Waals surface area contributed by atoms with E-state index in [1.165, 1.54) is 6.07 Å². The van der Waals surface area contributed by atoms with Gasteiger partial charge in [-0.1, -0.05) is 24.3 Å². The summed E-state index contributed by atoms with van der Waals surface area (Å²) in [6.45, 7) is 0. The summed E-state index contributed by atoms with van der Waals surface area (Å²) in [7, 11) is 0. The third-order valence-corrected chi connectivity index (χ3v) is 4.03. The second-order valence-electron chi connectivity index (χ2n) is 5.00. The van der Waals surface area contributed by atoms with Crippen molar-refractivity contribution in [3.05, 3.63) is 36.4 Å². The average molecular weight is 257 g/mol. The lowest BCUT2D eigenvalue weighted by atomic mass is 9.85. The van der Waals surface area contributed by atoms with E-state index in [-0.39, 0.29) is 35.5 Å². The highest BCUT2D eigenvalue weighted by Crippen LogP contribution is 2.47. The van der Waals surface area contributed by atoms with Crippen molar-refractivity contribution in [2.24, 2.45) is 11.8 Å². The number of fused-ring (bicyclic) bond motifs is 5. The zero-order valence-corrected chi connectivity index (χ0v) is 9.89. The van der Waals surface area contributed by atoms with Crippen LogP contribution < -0.4 is 4.90 Å². The highest BCUT2D eigenvalue weighted by atomic mass is 16.5. The van der Waals surface area contributed by atoms with Crippen molar-refractivity contribution in [1.29, 1.82) is 0 Å². The van der Waals surface area contributed by atoms with Crippen LogP contribution in [0, 0.1) is 11.8 Å². The SMILES string of the molecule is O=C1C2C3C=CC(O3)C2C(=O)N1c1ccccc1O. The first-order chi connectivity index (χ1) is 9.18. The monoisotopic (exact) mass is 257 g/mol. The maximum atomic E-state index is 12.4. The Labute approximate surface area is 109 Å². The van der Waals surface area contributed by atoms with Gasteiger partial charge in [0.2, 0.25) is 11.8 Å². The Morgan fingerprint density at radius 1 is 1.00 bits per heavy atom. The van der Waals surface area contributed by atoms with Gasteiger partial charge < -0.3 is 9.84 Å². The molecule has 96 valence electrons. The lowest BCUT2D eigenvalue weighted by Crippen LogP contribution is -2.34. The number of rotatable bonds is 1. The number of hydrogen-bond donors (Lipinski definition) is 1. The Kier molecular flexibility index (Phi) is 1.95. The largest absolute Gasteiger partial charge is 0.506 e. The number of carbonyl (C=O) groups excluding carboxylic acids is 2. The molecule has 1 N–H and O–H groups in total. The molecule has 4 rings (SSSR count). The fourth-order valence-electron chi connectivity index (χ4n) is 3.19. The third kappa shape index (κ3) is 1.23. The minimum atomic E-state index is -0.442. The molecule has 19 heavy (non-hydrogen) atoms. The molecule has 4 atom stereocenters. The quantitative estimate of drug-likeness (QED) is 0.598. The number of hydrogen-bond acceptors (Lipinski definition) is 4. The van der Waals surface area contributed by atoms with Gasteiger partial charge in [-0.2, -0.15) is 0 Å². The zero-order chi connectivity index (χ0) is 13.1. The maximum Gasteiger partial charge on any atom is 0.240 e. The van der Waals surface area contributed by atoms with E-state index in [1.54, 1.807) is 18.2 Å². The van der Waals surface area contributed by atoms with Crippen molar-refractivity contribution in [1.82, 2.24) is 0 Å². The first-order valence-corrected chi connectivity index (χ1v) is 6.18. The summed E-state index contributed by atoms with van der Waals surface area (Å²) in [6.07, 6.45) is 3.07. The van der Waals surface area contributed by atoms with E-state index in [0.717, 1.165) is 4.90 Å². The van der Waals surface area contributed by atoms with Crippen LogP contribution in [0.3, 0.4) is 0 Å². The van der Waals surface area contributed by atoms with Crippen LogP contribution in [0.5, 0.6) is 5.75 Å². The van der Waals surface area contributed by atoms with Crippen LogP contribution >= 0.6 is 0 Å². The molecule has 0 aliphatic carbocycles. The van der Waals surface area contributed by atoms with Gasteiger partial charge in [-0.3, -0.25) is 9.59 Å². The van der Waals surface area contributed by atoms with Gasteiger partial charge in [0, 0.05) is 0 Å². The smallest absolute Gasteiger partial charge is 0.240 e. The number of phenols is 1. The Balaban J connectivity index is 1.79. The molecule has 0 saturated carbocycles. The highest BCUT2D eigenvalue weighted by molar-refractivity contribution is 6.23. The van der Waals surface area contributed by atoms with Crippen molar-refractivity contribution in [3.8, 4) is 5.75 Å². The fraction of sp³-hybridized carbons (Fsp3) is 0.286. The van der Waals surface area contributed by atoms with E-state index >= 15 is 0 Å². The molecule has 5 heteroatoms. The predicted octanol–water partition coefficient (Wildman–Crippen LogP) is 0.835. The van der Waals surface area contributed by atoms with Crippen LogP contribution in [0.15, 0.2) is 36.4 Å². The molecule has 3 heterocycles. The molecule has 3 aliphatic rings. The van der Waals surface area contributed by atoms with Gasteiger partial charge in [-0.25, -0.2) is 4.90 Å². The Bertz CT molecular complexity index is 594. The molecule has 3 aliphatic heterocycles. The summed E-state index contributed by atoms with van der Waals surface area (Å²) >= 11 is 0. The lowest BCUT2D eigenvalue weighted by Gasteiger charge is -2.18. The second-order valence-corrected chi connectivity index (χ2v) is 5.00. The molecule has 0 aromatic heterocycles. The topological polar surface area (TPSA) is 66.8 Å². The van der Waals surface area contributed by atoms with Crippen LogP contribution in [0.1, 0.15) is 0 Å². The number of ether oxygens (including phenoxy) is 1. The molecule has 5 nitrogen and oxygen atoms in total. The van der Waals surface area contributed by atoms with Gasteiger partial charge in [-0.15, -0.1) is 0 Å². The number of para-hydroxylation sites is 2. The molecular weight excluding hydrogens is 246 g/mol. The average Bonchev–Trinajstić information content (AvgIpc) is 3.06. The number of aromatic hydroxyl groups is 1. The lowest BCUT2D eigenvalue weighted by molar-refractivity contribution is -0.124. The highest BCUT2D eigenvalue weighted by Gasteiger charge is 2.61.